The Labute approximate surface area is 96.2 Å². The van der Waals surface area contributed by atoms with Crippen molar-refractivity contribution in [2.24, 2.45) is 5.73 Å². The van der Waals surface area contributed by atoms with Crippen LogP contribution in [-0.4, -0.2) is 35.0 Å². The van der Waals surface area contributed by atoms with E-state index in [-0.39, 0.29) is 0 Å². The van der Waals surface area contributed by atoms with Crippen LogP contribution in [0.25, 0.3) is 0 Å². The summed E-state index contributed by atoms with van der Waals surface area (Å²) in [5.41, 5.74) is 7.14. The van der Waals surface area contributed by atoms with Gasteiger partial charge >= 0.3 is 6.03 Å². The van der Waals surface area contributed by atoms with E-state index in [2.05, 4.69) is 15.9 Å². The van der Waals surface area contributed by atoms with Crippen molar-refractivity contribution < 1.29 is 4.79 Å². The van der Waals surface area contributed by atoms with Crippen molar-refractivity contribution in [3.05, 3.63) is 34.4 Å². The third kappa shape index (κ3) is 1.50. The molecule has 0 saturated heterocycles. The van der Waals surface area contributed by atoms with Crippen molar-refractivity contribution >= 4 is 22.0 Å². The van der Waals surface area contributed by atoms with E-state index in [1.807, 2.05) is 24.3 Å². The normalized spacial score (nSPS) is 19.7. The third-order valence-electron chi connectivity index (χ3n) is 2.33. The second kappa shape index (κ2) is 3.30. The van der Waals surface area contributed by atoms with Crippen molar-refractivity contribution in [1.29, 1.82) is 0 Å². The molecule has 2 aliphatic heterocycles. The van der Waals surface area contributed by atoms with Gasteiger partial charge in [0.1, 0.15) is 0 Å². The van der Waals surface area contributed by atoms with Crippen LogP contribution in [0.5, 0.6) is 0 Å². The molecule has 2 heterocycles. The summed E-state index contributed by atoms with van der Waals surface area (Å²) in [5.74, 6) is 0. The Kier molecular flexibility index (Phi) is 2.22. The molecule has 0 saturated carbocycles. The number of halogens is 1. The summed E-state index contributed by atoms with van der Waals surface area (Å²) in [7, 11) is 3.71. The van der Waals surface area contributed by atoms with Crippen molar-refractivity contribution in [3.63, 3.8) is 0 Å². The molecule has 2 amide bonds. The molecule has 0 bridgehead atoms. The smallest absolute Gasteiger partial charge is 0.337 e. The van der Waals surface area contributed by atoms with Gasteiger partial charge in [-0.2, -0.15) is 0 Å². The molecule has 80 valence electrons. The number of urea groups is 1. The summed E-state index contributed by atoms with van der Waals surface area (Å²) in [5, 5.41) is 3.08. The average molecular weight is 271 g/mol. The van der Waals surface area contributed by atoms with Gasteiger partial charge in [-0.25, -0.2) is 9.80 Å². The number of carbonyl (C=O) groups is 1. The molecule has 2 rings (SSSR count). The second-order valence-corrected chi connectivity index (χ2v) is 4.26. The van der Waals surface area contributed by atoms with Crippen LogP contribution in [0.1, 0.15) is 0 Å². The number of carbonyl (C=O) groups excluding carboxylic acids is 1. The van der Waals surface area contributed by atoms with Gasteiger partial charge < -0.3 is 10.6 Å². The number of hydrogen-bond acceptors (Lipinski definition) is 3. The van der Waals surface area contributed by atoms with Gasteiger partial charge in [-0.15, -0.1) is 0 Å². The molecule has 0 aromatic rings. The standard InChI is InChI=1S/C9H11BrN4O/c1-12-4-7(10)6-3-14(9(11)15)13(2)8(6)5-12/h3-5H,1-2H3,(H2,11,15). The van der Waals surface area contributed by atoms with Gasteiger partial charge in [-0.3, -0.25) is 5.01 Å². The van der Waals surface area contributed by atoms with E-state index in [0.717, 1.165) is 15.8 Å². The monoisotopic (exact) mass is 270 g/mol. The van der Waals surface area contributed by atoms with Crippen molar-refractivity contribution in [1.82, 2.24) is 14.9 Å². The summed E-state index contributed by atoms with van der Waals surface area (Å²) < 4.78 is 0.929. The fourth-order valence-corrected chi connectivity index (χ4v) is 2.22. The molecule has 0 aromatic carbocycles. The first-order chi connectivity index (χ1) is 7.00. The third-order valence-corrected chi connectivity index (χ3v) is 2.96. The minimum atomic E-state index is -0.497. The van der Waals surface area contributed by atoms with E-state index in [1.54, 1.807) is 18.3 Å². The van der Waals surface area contributed by atoms with Gasteiger partial charge in [-0.05, 0) is 15.9 Å². The zero-order valence-electron chi connectivity index (χ0n) is 8.44. The minimum Gasteiger partial charge on any atom is -0.354 e. The number of hydrogen-bond donors (Lipinski definition) is 1. The molecule has 0 fully saturated rings. The second-order valence-electron chi connectivity index (χ2n) is 3.41. The van der Waals surface area contributed by atoms with Gasteiger partial charge in [-0.1, -0.05) is 0 Å². The number of allylic oxidation sites excluding steroid dienone is 1. The highest BCUT2D eigenvalue weighted by Gasteiger charge is 2.30. The lowest BCUT2D eigenvalue weighted by molar-refractivity contribution is 0.136. The number of amides is 2. The van der Waals surface area contributed by atoms with Crippen LogP contribution in [0.4, 0.5) is 4.79 Å². The number of primary amides is 1. The van der Waals surface area contributed by atoms with Crippen molar-refractivity contribution in [2.45, 2.75) is 0 Å². The van der Waals surface area contributed by atoms with E-state index >= 15 is 0 Å². The summed E-state index contributed by atoms with van der Waals surface area (Å²) in [6.45, 7) is 0. The molecule has 0 atom stereocenters. The van der Waals surface area contributed by atoms with Crippen LogP contribution in [0.15, 0.2) is 34.4 Å². The number of likely N-dealkylation sites (N-methyl/N-ethyl adjacent to an activating group) is 1. The Morgan fingerprint density at radius 2 is 2.00 bits per heavy atom. The van der Waals surface area contributed by atoms with Crippen LogP contribution in [0.2, 0.25) is 0 Å². The summed E-state index contributed by atoms with van der Waals surface area (Å²) in [4.78, 5) is 13.0. The van der Waals surface area contributed by atoms with E-state index in [1.165, 1.54) is 5.01 Å². The molecule has 0 unspecified atom stereocenters. The van der Waals surface area contributed by atoms with Crippen molar-refractivity contribution in [3.8, 4) is 0 Å². The highest BCUT2D eigenvalue weighted by atomic mass is 79.9. The number of hydrazine groups is 1. The molecule has 2 N–H and O–H groups in total. The van der Waals surface area contributed by atoms with E-state index in [4.69, 9.17) is 5.73 Å². The van der Waals surface area contributed by atoms with Crippen LogP contribution >= 0.6 is 15.9 Å². The topological polar surface area (TPSA) is 52.8 Å². The Morgan fingerprint density at radius 1 is 1.33 bits per heavy atom. The lowest BCUT2D eigenvalue weighted by Crippen LogP contribution is -2.39. The Morgan fingerprint density at radius 3 is 2.60 bits per heavy atom. The molecule has 0 aliphatic carbocycles. The minimum absolute atomic E-state index is 0.497. The molecule has 6 heteroatoms. The van der Waals surface area contributed by atoms with Gasteiger partial charge in [0.2, 0.25) is 0 Å². The Balaban J connectivity index is 2.42. The number of nitrogens with two attached hydrogens (primary N) is 1. The Hall–Kier alpha value is -1.43. The van der Waals surface area contributed by atoms with Gasteiger partial charge in [0, 0.05) is 42.8 Å². The highest BCUT2D eigenvalue weighted by molar-refractivity contribution is 9.12. The molecule has 0 spiro atoms. The number of fused-ring (bicyclic) bond motifs is 1. The molecule has 0 radical (unpaired) electrons. The van der Waals surface area contributed by atoms with Crippen LogP contribution < -0.4 is 5.73 Å². The average Bonchev–Trinajstić information content (AvgIpc) is 2.44. The molecule has 5 nitrogen and oxygen atoms in total. The van der Waals surface area contributed by atoms with E-state index in [9.17, 15) is 4.79 Å². The SMILES string of the molecule is CN1C=C(Br)C2=CN(C(N)=O)N(C)C2=C1. The molecule has 15 heavy (non-hydrogen) atoms. The predicted molar refractivity (Wildman–Crippen MR) is 60.1 cm³/mol. The maximum atomic E-state index is 11.1. The zero-order valence-corrected chi connectivity index (χ0v) is 10.0. The zero-order chi connectivity index (χ0) is 11.2. The highest BCUT2D eigenvalue weighted by Crippen LogP contribution is 2.36. The quantitative estimate of drug-likeness (QED) is 0.718. The molecular weight excluding hydrogens is 260 g/mol. The van der Waals surface area contributed by atoms with Crippen LogP contribution in [-0.2, 0) is 0 Å². The maximum absolute atomic E-state index is 11.1. The number of rotatable bonds is 0. The summed E-state index contributed by atoms with van der Waals surface area (Å²) >= 11 is 3.44. The lowest BCUT2D eigenvalue weighted by Gasteiger charge is -2.27. The summed E-state index contributed by atoms with van der Waals surface area (Å²) in [6, 6.07) is -0.497. The first-order valence-corrected chi connectivity index (χ1v) is 5.16. The first-order valence-electron chi connectivity index (χ1n) is 4.36. The van der Waals surface area contributed by atoms with Crippen LogP contribution in [0, 0.1) is 0 Å². The van der Waals surface area contributed by atoms with E-state index in [0.29, 0.717) is 0 Å². The molecule has 0 aromatic heterocycles. The van der Waals surface area contributed by atoms with Crippen LogP contribution in [0.3, 0.4) is 0 Å². The Bertz CT molecular complexity index is 412. The van der Waals surface area contributed by atoms with Gasteiger partial charge in [0.05, 0.1) is 5.70 Å². The predicted octanol–water partition coefficient (Wildman–Crippen LogP) is 1.13. The summed E-state index contributed by atoms with van der Waals surface area (Å²) in [6.07, 6.45) is 5.56. The van der Waals surface area contributed by atoms with Crippen molar-refractivity contribution in [2.75, 3.05) is 14.1 Å². The largest absolute Gasteiger partial charge is 0.354 e. The number of nitrogens with zero attached hydrogens (tertiary/aromatic N) is 3. The fraction of sp³-hybridized carbons (Fsp3) is 0.222. The fourth-order valence-electron chi connectivity index (χ4n) is 1.59. The van der Waals surface area contributed by atoms with E-state index < -0.39 is 6.03 Å². The van der Waals surface area contributed by atoms with Gasteiger partial charge in [0.25, 0.3) is 0 Å². The molecular formula is C9H11BrN4O. The van der Waals surface area contributed by atoms with Gasteiger partial charge in [0.15, 0.2) is 0 Å². The maximum Gasteiger partial charge on any atom is 0.337 e. The first kappa shape index (κ1) is 10.1. The lowest BCUT2D eigenvalue weighted by atomic mass is 10.2. The molecule has 2 aliphatic rings.